The Bertz CT molecular complexity index is 701. The fourth-order valence-corrected chi connectivity index (χ4v) is 2.00. The van der Waals surface area contributed by atoms with Gasteiger partial charge in [-0.3, -0.25) is 0 Å². The molecule has 0 aromatic carbocycles. The Morgan fingerprint density at radius 1 is 1.17 bits per heavy atom. The number of nitrogens with one attached hydrogen (secondary N) is 1. The molecule has 0 radical (unpaired) electrons. The van der Waals surface area contributed by atoms with Crippen molar-refractivity contribution < 1.29 is 4.42 Å². The highest BCUT2D eigenvalue weighted by Gasteiger charge is 2.10. The average molecular weight is 307 g/mol. The maximum Gasteiger partial charge on any atom is 0.180 e. The van der Waals surface area contributed by atoms with Gasteiger partial charge in [0.1, 0.15) is 5.82 Å². The van der Waals surface area contributed by atoms with Crippen molar-refractivity contribution in [3.8, 4) is 11.6 Å². The lowest BCUT2D eigenvalue weighted by Gasteiger charge is -2.09. The summed E-state index contributed by atoms with van der Waals surface area (Å²) in [7, 11) is 3.90. The molecule has 0 fully saturated rings. The molecule has 0 bridgehead atoms. The Labute approximate surface area is 112 Å². The van der Waals surface area contributed by atoms with Gasteiger partial charge in [0.05, 0.1) is 5.52 Å². The minimum Gasteiger partial charge on any atom is -0.446 e. The van der Waals surface area contributed by atoms with Crippen LogP contribution in [0.1, 0.15) is 0 Å². The molecule has 0 aliphatic heterocycles. The van der Waals surface area contributed by atoms with E-state index in [1.54, 1.807) is 0 Å². The number of pyridine rings is 1. The van der Waals surface area contributed by atoms with Crippen molar-refractivity contribution in [3.63, 3.8) is 0 Å². The second-order valence-corrected chi connectivity index (χ2v) is 4.91. The van der Waals surface area contributed by atoms with Gasteiger partial charge in [0.2, 0.25) is 0 Å². The first-order valence-corrected chi connectivity index (χ1v) is 6.22. The van der Waals surface area contributed by atoms with Gasteiger partial charge in [-0.1, -0.05) is 0 Å². The number of hydrogen-bond acceptors (Lipinski definition) is 4. The smallest absolute Gasteiger partial charge is 0.180 e. The predicted octanol–water partition coefficient (Wildman–Crippen LogP) is 3.05. The van der Waals surface area contributed by atoms with Crippen LogP contribution in [0.25, 0.3) is 22.7 Å². The molecule has 1 N–H and O–H groups in total. The van der Waals surface area contributed by atoms with Crippen LogP contribution in [0.15, 0.2) is 33.4 Å². The summed E-state index contributed by atoms with van der Waals surface area (Å²) in [5, 5.41) is 0. The summed E-state index contributed by atoms with van der Waals surface area (Å²) in [5.41, 5.74) is 1.58. The van der Waals surface area contributed by atoms with E-state index in [0.29, 0.717) is 21.9 Å². The second kappa shape index (κ2) is 4.13. The number of H-pyrrole nitrogens is 1. The SMILES string of the molecule is CN(C)c1ccc2[nH]c(-c3ccc(Br)o3)nc2n1. The van der Waals surface area contributed by atoms with Crippen LogP contribution in [0, 0.1) is 0 Å². The van der Waals surface area contributed by atoms with Gasteiger partial charge in [-0.25, -0.2) is 9.97 Å². The molecule has 0 saturated heterocycles. The number of furan rings is 1. The zero-order valence-corrected chi connectivity index (χ0v) is 11.5. The molecule has 0 amide bonds. The molecule has 0 saturated carbocycles. The summed E-state index contributed by atoms with van der Waals surface area (Å²) in [5.74, 6) is 2.24. The topological polar surface area (TPSA) is 58.0 Å². The number of nitrogens with zero attached hydrogens (tertiary/aromatic N) is 3. The molecule has 3 heterocycles. The van der Waals surface area contributed by atoms with Crippen LogP contribution in [0.2, 0.25) is 0 Å². The van der Waals surface area contributed by atoms with Crippen LogP contribution in [-0.2, 0) is 0 Å². The van der Waals surface area contributed by atoms with Crippen molar-refractivity contribution in [3.05, 3.63) is 28.9 Å². The molecule has 0 unspecified atom stereocenters. The first-order valence-electron chi connectivity index (χ1n) is 5.43. The second-order valence-electron chi connectivity index (χ2n) is 4.12. The number of aromatic amines is 1. The fourth-order valence-electron chi connectivity index (χ4n) is 1.69. The summed E-state index contributed by atoms with van der Waals surface area (Å²) in [6.07, 6.45) is 0. The number of fused-ring (bicyclic) bond motifs is 1. The molecule has 0 atom stereocenters. The van der Waals surface area contributed by atoms with Gasteiger partial charge in [-0.2, -0.15) is 0 Å². The molecule has 92 valence electrons. The van der Waals surface area contributed by atoms with E-state index in [-0.39, 0.29) is 0 Å². The van der Waals surface area contributed by atoms with E-state index < -0.39 is 0 Å². The lowest BCUT2D eigenvalue weighted by Crippen LogP contribution is -2.10. The van der Waals surface area contributed by atoms with Crippen LogP contribution in [0.5, 0.6) is 0 Å². The van der Waals surface area contributed by atoms with E-state index in [4.69, 9.17) is 4.42 Å². The molecule has 3 aromatic heterocycles. The van der Waals surface area contributed by atoms with Crippen LogP contribution in [0.3, 0.4) is 0 Å². The number of halogens is 1. The summed E-state index contributed by atoms with van der Waals surface area (Å²) in [6.45, 7) is 0. The quantitative estimate of drug-likeness (QED) is 0.790. The largest absolute Gasteiger partial charge is 0.446 e. The first kappa shape index (κ1) is 11.3. The Morgan fingerprint density at radius 3 is 2.67 bits per heavy atom. The van der Waals surface area contributed by atoms with E-state index in [1.807, 2.05) is 43.3 Å². The monoisotopic (exact) mass is 306 g/mol. The molecule has 6 heteroatoms. The van der Waals surface area contributed by atoms with Gasteiger partial charge in [-0.15, -0.1) is 0 Å². The van der Waals surface area contributed by atoms with Crippen molar-refractivity contribution >= 4 is 32.9 Å². The molecule has 0 aliphatic rings. The summed E-state index contributed by atoms with van der Waals surface area (Å²) >= 11 is 3.27. The minimum atomic E-state index is 0.680. The molecule has 3 aromatic rings. The molecular weight excluding hydrogens is 296 g/mol. The van der Waals surface area contributed by atoms with Gasteiger partial charge in [0.15, 0.2) is 21.9 Å². The van der Waals surface area contributed by atoms with Gasteiger partial charge in [-0.05, 0) is 40.2 Å². The number of rotatable bonds is 2. The summed E-state index contributed by atoms with van der Waals surface area (Å²) < 4.78 is 6.14. The third kappa shape index (κ3) is 1.88. The molecule has 0 spiro atoms. The van der Waals surface area contributed by atoms with E-state index in [0.717, 1.165) is 11.3 Å². The maximum absolute atomic E-state index is 5.46. The zero-order chi connectivity index (χ0) is 12.7. The predicted molar refractivity (Wildman–Crippen MR) is 73.6 cm³/mol. The van der Waals surface area contributed by atoms with Crippen LogP contribution < -0.4 is 4.90 Å². The summed E-state index contributed by atoms with van der Waals surface area (Å²) in [4.78, 5) is 14.0. The van der Waals surface area contributed by atoms with Crippen molar-refractivity contribution in [1.82, 2.24) is 15.0 Å². The van der Waals surface area contributed by atoms with E-state index in [9.17, 15) is 0 Å². The van der Waals surface area contributed by atoms with Crippen LogP contribution in [-0.4, -0.2) is 29.0 Å². The zero-order valence-electron chi connectivity index (χ0n) is 9.94. The highest BCUT2D eigenvalue weighted by Crippen LogP contribution is 2.25. The number of aromatic nitrogens is 3. The number of anilines is 1. The van der Waals surface area contributed by atoms with Gasteiger partial charge < -0.3 is 14.3 Å². The lowest BCUT2D eigenvalue weighted by atomic mass is 10.4. The Balaban J connectivity index is 2.11. The first-order chi connectivity index (χ1) is 8.63. The molecule has 18 heavy (non-hydrogen) atoms. The van der Waals surface area contributed by atoms with Gasteiger partial charge in [0, 0.05) is 14.1 Å². The number of imidazole rings is 1. The Morgan fingerprint density at radius 2 is 2.00 bits per heavy atom. The molecular formula is C12H11BrN4O. The molecule has 3 rings (SSSR count). The highest BCUT2D eigenvalue weighted by atomic mass is 79.9. The van der Waals surface area contributed by atoms with Gasteiger partial charge in [0.25, 0.3) is 0 Å². The number of hydrogen-bond donors (Lipinski definition) is 1. The van der Waals surface area contributed by atoms with E-state index in [1.165, 1.54) is 0 Å². The lowest BCUT2D eigenvalue weighted by molar-refractivity contribution is 0.552. The normalized spacial score (nSPS) is 11.1. The average Bonchev–Trinajstić information content (AvgIpc) is 2.93. The van der Waals surface area contributed by atoms with Crippen LogP contribution in [0.4, 0.5) is 5.82 Å². The Kier molecular flexibility index (Phi) is 2.59. The standard InChI is InChI=1S/C12H11BrN4O/c1-17(2)10-6-3-7-11(15-10)16-12(14-7)8-4-5-9(13)18-8/h3-6H,1-2H3,(H,14,15,16). The Hall–Kier alpha value is -1.82. The van der Waals surface area contributed by atoms with Gasteiger partial charge >= 0.3 is 0 Å². The highest BCUT2D eigenvalue weighted by molar-refractivity contribution is 9.10. The van der Waals surface area contributed by atoms with E-state index >= 15 is 0 Å². The molecule has 0 aliphatic carbocycles. The van der Waals surface area contributed by atoms with E-state index in [2.05, 4.69) is 30.9 Å². The molecule has 5 nitrogen and oxygen atoms in total. The fraction of sp³-hybridized carbons (Fsp3) is 0.167. The van der Waals surface area contributed by atoms with Crippen molar-refractivity contribution in [2.24, 2.45) is 0 Å². The third-order valence-electron chi connectivity index (χ3n) is 2.60. The van der Waals surface area contributed by atoms with Crippen molar-refractivity contribution in [2.45, 2.75) is 0 Å². The minimum absolute atomic E-state index is 0.680. The van der Waals surface area contributed by atoms with Crippen molar-refractivity contribution in [2.75, 3.05) is 19.0 Å². The van der Waals surface area contributed by atoms with Crippen LogP contribution >= 0.6 is 15.9 Å². The third-order valence-corrected chi connectivity index (χ3v) is 3.02. The summed E-state index contributed by atoms with van der Waals surface area (Å²) in [6, 6.07) is 7.60. The van der Waals surface area contributed by atoms with Crippen molar-refractivity contribution in [1.29, 1.82) is 0 Å². The maximum atomic E-state index is 5.46.